The number of hydrogen-bond donors (Lipinski definition) is 1. The van der Waals surface area contributed by atoms with Gasteiger partial charge in [0.25, 0.3) is 5.91 Å². The molecule has 1 aromatic carbocycles. The molecule has 0 aliphatic heterocycles. The van der Waals surface area contributed by atoms with Gasteiger partial charge in [0, 0.05) is 28.9 Å². The molecule has 5 aromatic rings. The Hall–Kier alpha value is -3.29. The molecular formula is C21H14N4OS2. The number of benzene rings is 1. The first-order chi connectivity index (χ1) is 13.8. The molecule has 0 radical (unpaired) electrons. The number of imidazole rings is 1. The average Bonchev–Trinajstić information content (AvgIpc) is 3.47. The zero-order chi connectivity index (χ0) is 18.9. The number of anilines is 1. The average molecular weight is 403 g/mol. The number of thiophene rings is 1. The molecule has 7 heteroatoms. The molecule has 0 fully saturated rings. The fraction of sp³-hybridized carbons (Fsp3) is 0. The molecule has 1 amide bonds. The number of nitrogens with one attached hydrogen (secondary N) is 1. The lowest BCUT2D eigenvalue weighted by Crippen LogP contribution is -2.12. The van der Waals surface area contributed by atoms with Crippen LogP contribution in [0.3, 0.4) is 0 Å². The molecule has 0 bridgehead atoms. The summed E-state index contributed by atoms with van der Waals surface area (Å²) in [6, 6.07) is 17.6. The largest absolute Gasteiger partial charge is 0.306 e. The van der Waals surface area contributed by atoms with Gasteiger partial charge in [0.15, 0.2) is 5.13 Å². The minimum Gasteiger partial charge on any atom is -0.306 e. The van der Waals surface area contributed by atoms with Crippen molar-refractivity contribution in [3.05, 3.63) is 83.3 Å². The van der Waals surface area contributed by atoms with E-state index in [2.05, 4.69) is 15.3 Å². The third-order valence-electron chi connectivity index (χ3n) is 4.29. The van der Waals surface area contributed by atoms with Crippen molar-refractivity contribution < 1.29 is 4.79 Å². The van der Waals surface area contributed by atoms with Gasteiger partial charge in [0.2, 0.25) is 0 Å². The summed E-state index contributed by atoms with van der Waals surface area (Å²) in [6.45, 7) is 0. The number of aromatic nitrogens is 3. The Morgan fingerprint density at radius 1 is 0.964 bits per heavy atom. The van der Waals surface area contributed by atoms with Crippen LogP contribution in [0.2, 0.25) is 0 Å². The minimum absolute atomic E-state index is 0.196. The highest BCUT2D eigenvalue weighted by atomic mass is 32.1. The maximum Gasteiger partial charge on any atom is 0.257 e. The number of hydrogen-bond acceptors (Lipinski definition) is 5. The number of fused-ring (bicyclic) bond motifs is 1. The van der Waals surface area contributed by atoms with E-state index in [0.29, 0.717) is 10.7 Å². The SMILES string of the molecule is O=C(Nc1nc(-c2cccs2)cs1)c1ccn2cc(-c3ccccc3)nc2c1. The number of nitrogens with zero attached hydrogens (tertiary/aromatic N) is 3. The molecule has 0 aliphatic rings. The summed E-state index contributed by atoms with van der Waals surface area (Å²) in [4.78, 5) is 22.9. The van der Waals surface area contributed by atoms with Gasteiger partial charge in [-0.25, -0.2) is 9.97 Å². The monoisotopic (exact) mass is 402 g/mol. The number of carbonyl (C=O) groups is 1. The number of rotatable bonds is 4. The molecule has 1 N–H and O–H groups in total. The molecule has 5 rings (SSSR count). The van der Waals surface area contributed by atoms with Gasteiger partial charge in [0.05, 0.1) is 16.3 Å². The van der Waals surface area contributed by atoms with Gasteiger partial charge in [-0.2, -0.15) is 0 Å². The van der Waals surface area contributed by atoms with Crippen molar-refractivity contribution >= 4 is 39.4 Å². The van der Waals surface area contributed by atoms with E-state index in [4.69, 9.17) is 0 Å². The van der Waals surface area contributed by atoms with Crippen molar-refractivity contribution in [1.29, 1.82) is 0 Å². The standard InChI is InChI=1S/C21H14N4OS2/c26-20(24-21-23-17(13-28-21)18-7-4-10-27-18)15-8-9-25-12-16(22-19(25)11-15)14-5-2-1-3-6-14/h1-13H,(H,23,24,26). The molecule has 0 saturated heterocycles. The lowest BCUT2D eigenvalue weighted by atomic mass is 10.2. The van der Waals surface area contributed by atoms with E-state index in [1.165, 1.54) is 11.3 Å². The van der Waals surface area contributed by atoms with E-state index in [0.717, 1.165) is 27.5 Å². The van der Waals surface area contributed by atoms with E-state index in [9.17, 15) is 4.79 Å². The van der Waals surface area contributed by atoms with Gasteiger partial charge in [-0.3, -0.25) is 10.1 Å². The predicted octanol–water partition coefficient (Wildman–Crippen LogP) is 5.44. The number of thiazole rings is 1. The fourth-order valence-corrected chi connectivity index (χ4v) is 4.38. The van der Waals surface area contributed by atoms with E-state index in [-0.39, 0.29) is 5.91 Å². The Labute approximate surface area is 169 Å². The molecule has 0 saturated carbocycles. The third kappa shape index (κ3) is 3.21. The van der Waals surface area contributed by atoms with Crippen LogP contribution in [0.4, 0.5) is 5.13 Å². The topological polar surface area (TPSA) is 59.3 Å². The molecule has 4 heterocycles. The summed E-state index contributed by atoms with van der Waals surface area (Å²) in [5.74, 6) is -0.196. The van der Waals surface area contributed by atoms with Crippen molar-refractivity contribution in [3.63, 3.8) is 0 Å². The van der Waals surface area contributed by atoms with E-state index in [1.807, 2.05) is 70.0 Å². The molecule has 0 atom stereocenters. The van der Waals surface area contributed by atoms with Crippen molar-refractivity contribution in [2.45, 2.75) is 0 Å². The Balaban J connectivity index is 1.39. The summed E-state index contributed by atoms with van der Waals surface area (Å²) in [7, 11) is 0. The summed E-state index contributed by atoms with van der Waals surface area (Å²) in [5, 5.41) is 7.42. The number of carbonyl (C=O) groups excluding carboxylic acids is 1. The first-order valence-electron chi connectivity index (χ1n) is 8.61. The van der Waals surface area contributed by atoms with Gasteiger partial charge in [-0.15, -0.1) is 22.7 Å². The summed E-state index contributed by atoms with van der Waals surface area (Å²) in [6.07, 6.45) is 3.81. The van der Waals surface area contributed by atoms with Crippen LogP contribution in [0.5, 0.6) is 0 Å². The summed E-state index contributed by atoms with van der Waals surface area (Å²) in [5.41, 5.74) is 4.07. The van der Waals surface area contributed by atoms with Gasteiger partial charge in [-0.05, 0) is 23.6 Å². The predicted molar refractivity (Wildman–Crippen MR) is 114 cm³/mol. The highest BCUT2D eigenvalue weighted by Gasteiger charge is 2.12. The highest BCUT2D eigenvalue weighted by Crippen LogP contribution is 2.28. The van der Waals surface area contributed by atoms with Gasteiger partial charge in [-0.1, -0.05) is 36.4 Å². The van der Waals surface area contributed by atoms with Gasteiger partial charge >= 0.3 is 0 Å². The lowest BCUT2D eigenvalue weighted by Gasteiger charge is -2.02. The quantitative estimate of drug-likeness (QED) is 0.435. The zero-order valence-corrected chi connectivity index (χ0v) is 16.2. The zero-order valence-electron chi connectivity index (χ0n) is 14.6. The van der Waals surface area contributed by atoms with Gasteiger partial charge in [0.1, 0.15) is 5.65 Å². The second-order valence-electron chi connectivity index (χ2n) is 6.14. The molecule has 0 spiro atoms. The normalized spacial score (nSPS) is 11.0. The van der Waals surface area contributed by atoms with Crippen LogP contribution in [-0.2, 0) is 0 Å². The van der Waals surface area contributed by atoms with Crippen molar-refractivity contribution in [2.75, 3.05) is 5.32 Å². The first kappa shape index (κ1) is 16.9. The van der Waals surface area contributed by atoms with E-state index < -0.39 is 0 Å². The molecule has 4 aromatic heterocycles. The van der Waals surface area contributed by atoms with Crippen LogP contribution in [0.25, 0.3) is 27.5 Å². The Bertz CT molecular complexity index is 1260. The fourth-order valence-electron chi connectivity index (χ4n) is 2.91. The summed E-state index contributed by atoms with van der Waals surface area (Å²) < 4.78 is 1.91. The van der Waals surface area contributed by atoms with Crippen LogP contribution in [-0.4, -0.2) is 20.3 Å². The maximum absolute atomic E-state index is 12.7. The molecular weight excluding hydrogens is 388 g/mol. The Kier molecular flexibility index (Phi) is 4.23. The lowest BCUT2D eigenvalue weighted by molar-refractivity contribution is 0.102. The maximum atomic E-state index is 12.7. The van der Waals surface area contributed by atoms with Crippen LogP contribution in [0.1, 0.15) is 10.4 Å². The van der Waals surface area contributed by atoms with Crippen LogP contribution < -0.4 is 5.32 Å². The molecule has 5 nitrogen and oxygen atoms in total. The second-order valence-corrected chi connectivity index (χ2v) is 7.95. The first-order valence-corrected chi connectivity index (χ1v) is 10.4. The number of pyridine rings is 1. The molecule has 28 heavy (non-hydrogen) atoms. The Morgan fingerprint density at radius 2 is 1.86 bits per heavy atom. The summed E-state index contributed by atoms with van der Waals surface area (Å²) >= 11 is 3.05. The van der Waals surface area contributed by atoms with E-state index >= 15 is 0 Å². The smallest absolute Gasteiger partial charge is 0.257 e. The number of amides is 1. The Morgan fingerprint density at radius 3 is 2.68 bits per heavy atom. The van der Waals surface area contributed by atoms with Crippen LogP contribution in [0, 0.1) is 0 Å². The second kappa shape index (κ2) is 7.03. The minimum atomic E-state index is -0.196. The van der Waals surface area contributed by atoms with Gasteiger partial charge < -0.3 is 4.40 Å². The highest BCUT2D eigenvalue weighted by molar-refractivity contribution is 7.16. The molecule has 136 valence electrons. The molecule has 0 aliphatic carbocycles. The van der Waals surface area contributed by atoms with Crippen molar-refractivity contribution in [1.82, 2.24) is 14.4 Å². The van der Waals surface area contributed by atoms with Crippen LogP contribution >= 0.6 is 22.7 Å². The van der Waals surface area contributed by atoms with Crippen LogP contribution in [0.15, 0.2) is 77.8 Å². The van der Waals surface area contributed by atoms with Crippen molar-refractivity contribution in [2.24, 2.45) is 0 Å². The van der Waals surface area contributed by atoms with E-state index in [1.54, 1.807) is 23.5 Å². The third-order valence-corrected chi connectivity index (χ3v) is 5.94. The van der Waals surface area contributed by atoms with Crippen molar-refractivity contribution in [3.8, 4) is 21.8 Å². The molecule has 0 unspecified atom stereocenters.